The first kappa shape index (κ1) is 17.4. The molecule has 0 saturated carbocycles. The molecule has 0 aromatic heterocycles. The Hall–Kier alpha value is -3.00. The number of anilines is 1. The standard InChI is InChI=1S/C19H16N2O5S/c22-17(20-13-8-9-27(25,26)11-13)12-4-3-5-14(10-12)21-18(23)15-6-1-2-7-16(15)19(21)24/h1-7,10,13H,8-9,11H2,(H,20,22)/t13-/m1/s1. The molecule has 138 valence electrons. The Balaban J connectivity index is 1.58. The van der Waals surface area contributed by atoms with E-state index >= 15 is 0 Å². The second-order valence-corrected chi connectivity index (χ2v) is 8.84. The minimum Gasteiger partial charge on any atom is -0.348 e. The van der Waals surface area contributed by atoms with Crippen LogP contribution >= 0.6 is 0 Å². The van der Waals surface area contributed by atoms with Crippen LogP contribution in [0.15, 0.2) is 48.5 Å². The van der Waals surface area contributed by atoms with Crippen molar-refractivity contribution in [3.8, 4) is 0 Å². The first-order chi connectivity index (χ1) is 12.9. The number of fused-ring (bicyclic) bond motifs is 1. The molecule has 0 spiro atoms. The van der Waals surface area contributed by atoms with Gasteiger partial charge in [0, 0.05) is 11.6 Å². The fraction of sp³-hybridized carbons (Fsp3) is 0.211. The number of benzene rings is 2. The van der Waals surface area contributed by atoms with Gasteiger partial charge in [0.2, 0.25) is 0 Å². The molecular weight excluding hydrogens is 368 g/mol. The molecule has 27 heavy (non-hydrogen) atoms. The second-order valence-electron chi connectivity index (χ2n) is 6.62. The molecule has 1 saturated heterocycles. The molecule has 0 radical (unpaired) electrons. The number of hydrogen-bond donors (Lipinski definition) is 1. The molecule has 1 fully saturated rings. The van der Waals surface area contributed by atoms with Crippen molar-refractivity contribution in [1.82, 2.24) is 5.32 Å². The van der Waals surface area contributed by atoms with Gasteiger partial charge in [0.15, 0.2) is 9.84 Å². The van der Waals surface area contributed by atoms with Crippen LogP contribution in [0.3, 0.4) is 0 Å². The molecule has 2 aliphatic rings. The summed E-state index contributed by atoms with van der Waals surface area (Å²) in [6.07, 6.45) is 0.381. The smallest absolute Gasteiger partial charge is 0.266 e. The molecule has 0 aliphatic carbocycles. The van der Waals surface area contributed by atoms with E-state index in [0.717, 1.165) is 4.90 Å². The second kappa shape index (κ2) is 6.31. The lowest BCUT2D eigenvalue weighted by Crippen LogP contribution is -2.36. The lowest BCUT2D eigenvalue weighted by atomic mass is 10.1. The van der Waals surface area contributed by atoms with Crippen LogP contribution in [0.5, 0.6) is 0 Å². The fourth-order valence-electron chi connectivity index (χ4n) is 3.39. The molecule has 4 rings (SSSR count). The van der Waals surface area contributed by atoms with Crippen molar-refractivity contribution in [1.29, 1.82) is 0 Å². The molecule has 2 aromatic rings. The molecule has 2 heterocycles. The number of carbonyl (C=O) groups excluding carboxylic acids is 3. The highest BCUT2D eigenvalue weighted by atomic mass is 32.2. The summed E-state index contributed by atoms with van der Waals surface area (Å²) < 4.78 is 23.1. The van der Waals surface area contributed by atoms with Crippen molar-refractivity contribution in [3.05, 3.63) is 65.2 Å². The van der Waals surface area contributed by atoms with Crippen molar-refractivity contribution in [3.63, 3.8) is 0 Å². The van der Waals surface area contributed by atoms with Crippen LogP contribution in [0.4, 0.5) is 5.69 Å². The molecule has 0 unspecified atom stereocenters. The van der Waals surface area contributed by atoms with Crippen molar-refractivity contribution in [2.75, 3.05) is 16.4 Å². The first-order valence-corrected chi connectivity index (χ1v) is 10.3. The Morgan fingerprint density at radius 1 is 1.00 bits per heavy atom. The van der Waals surface area contributed by atoms with Crippen molar-refractivity contribution < 1.29 is 22.8 Å². The van der Waals surface area contributed by atoms with E-state index in [-0.39, 0.29) is 17.1 Å². The van der Waals surface area contributed by atoms with E-state index in [1.807, 2.05) is 0 Å². The van der Waals surface area contributed by atoms with E-state index in [1.54, 1.807) is 42.5 Å². The van der Waals surface area contributed by atoms with Gasteiger partial charge < -0.3 is 5.32 Å². The zero-order valence-corrected chi connectivity index (χ0v) is 15.0. The molecule has 1 N–H and O–H groups in total. The highest BCUT2D eigenvalue weighted by Crippen LogP contribution is 2.28. The predicted octanol–water partition coefficient (Wildman–Crippen LogP) is 1.40. The Morgan fingerprint density at radius 3 is 2.26 bits per heavy atom. The summed E-state index contributed by atoms with van der Waals surface area (Å²) in [6, 6.07) is 12.3. The summed E-state index contributed by atoms with van der Waals surface area (Å²) in [4.78, 5) is 38.7. The van der Waals surface area contributed by atoms with Crippen LogP contribution in [0.25, 0.3) is 0 Å². The average Bonchev–Trinajstić information content (AvgIpc) is 3.12. The maximum absolute atomic E-state index is 12.6. The van der Waals surface area contributed by atoms with Crippen LogP contribution in [0, 0.1) is 0 Å². The molecule has 0 bridgehead atoms. The third-order valence-corrected chi connectivity index (χ3v) is 6.50. The van der Waals surface area contributed by atoms with Crippen molar-refractivity contribution in [2.24, 2.45) is 0 Å². The molecule has 1 atom stereocenters. The molecule has 2 aliphatic heterocycles. The van der Waals surface area contributed by atoms with Gasteiger partial charge in [-0.3, -0.25) is 14.4 Å². The maximum Gasteiger partial charge on any atom is 0.266 e. The van der Waals surface area contributed by atoms with Crippen LogP contribution in [0.1, 0.15) is 37.5 Å². The van der Waals surface area contributed by atoms with Gasteiger partial charge >= 0.3 is 0 Å². The monoisotopic (exact) mass is 384 g/mol. The van der Waals surface area contributed by atoms with Gasteiger partial charge in [-0.05, 0) is 36.8 Å². The van der Waals surface area contributed by atoms with Gasteiger partial charge in [-0.15, -0.1) is 0 Å². The molecule has 8 heteroatoms. The van der Waals surface area contributed by atoms with Gasteiger partial charge in [0.1, 0.15) is 0 Å². The largest absolute Gasteiger partial charge is 0.348 e. The van der Waals surface area contributed by atoms with Crippen LogP contribution < -0.4 is 10.2 Å². The van der Waals surface area contributed by atoms with E-state index < -0.39 is 33.6 Å². The Labute approximate surface area is 155 Å². The number of carbonyl (C=O) groups is 3. The normalized spacial score (nSPS) is 20.6. The lowest BCUT2D eigenvalue weighted by molar-refractivity contribution is 0.0916. The van der Waals surface area contributed by atoms with Crippen LogP contribution in [-0.4, -0.2) is 43.7 Å². The highest BCUT2D eigenvalue weighted by molar-refractivity contribution is 7.91. The van der Waals surface area contributed by atoms with E-state index in [1.165, 1.54) is 6.07 Å². The molecule has 7 nitrogen and oxygen atoms in total. The van der Waals surface area contributed by atoms with Gasteiger partial charge in [-0.2, -0.15) is 0 Å². The molecule has 3 amide bonds. The summed E-state index contributed by atoms with van der Waals surface area (Å²) in [5.74, 6) is -1.32. The number of nitrogens with zero attached hydrogens (tertiary/aromatic N) is 1. The Bertz CT molecular complexity index is 1040. The molecular formula is C19H16N2O5S. The van der Waals surface area contributed by atoms with E-state index in [9.17, 15) is 22.8 Å². The Kier molecular flexibility index (Phi) is 4.07. The van der Waals surface area contributed by atoms with E-state index in [4.69, 9.17) is 0 Å². The number of imide groups is 1. The van der Waals surface area contributed by atoms with Gasteiger partial charge in [0.25, 0.3) is 17.7 Å². The topological polar surface area (TPSA) is 101 Å². The third kappa shape index (κ3) is 3.12. The number of rotatable bonds is 3. The van der Waals surface area contributed by atoms with Crippen molar-refractivity contribution in [2.45, 2.75) is 12.5 Å². The number of sulfone groups is 1. The summed E-state index contributed by atoms with van der Waals surface area (Å²) in [5, 5.41) is 2.70. The van der Waals surface area contributed by atoms with Crippen LogP contribution in [-0.2, 0) is 9.84 Å². The first-order valence-electron chi connectivity index (χ1n) is 8.45. The number of nitrogens with one attached hydrogen (secondary N) is 1. The minimum absolute atomic E-state index is 0.0625. The minimum atomic E-state index is -3.10. The summed E-state index contributed by atoms with van der Waals surface area (Å²) in [7, 11) is -3.10. The summed E-state index contributed by atoms with van der Waals surface area (Å²) in [5.41, 5.74) is 1.21. The highest BCUT2D eigenvalue weighted by Gasteiger charge is 2.36. The summed E-state index contributed by atoms with van der Waals surface area (Å²) >= 11 is 0. The van der Waals surface area contributed by atoms with Gasteiger partial charge in [-0.1, -0.05) is 18.2 Å². The lowest BCUT2D eigenvalue weighted by Gasteiger charge is -2.16. The average molecular weight is 384 g/mol. The predicted molar refractivity (Wildman–Crippen MR) is 98.5 cm³/mol. The van der Waals surface area contributed by atoms with Gasteiger partial charge in [-0.25, -0.2) is 13.3 Å². The van der Waals surface area contributed by atoms with Crippen LogP contribution in [0.2, 0.25) is 0 Å². The third-order valence-electron chi connectivity index (χ3n) is 4.73. The zero-order chi connectivity index (χ0) is 19.2. The SMILES string of the molecule is O=C(N[C@@H]1CCS(=O)(=O)C1)c1cccc(N2C(=O)c3ccccc3C2=O)c1. The fourth-order valence-corrected chi connectivity index (χ4v) is 5.06. The quantitative estimate of drug-likeness (QED) is 0.807. The molecule has 2 aromatic carbocycles. The van der Waals surface area contributed by atoms with E-state index in [2.05, 4.69) is 5.32 Å². The maximum atomic E-state index is 12.6. The summed E-state index contributed by atoms with van der Waals surface area (Å²) in [6.45, 7) is 0. The number of amides is 3. The Morgan fingerprint density at radius 2 is 1.67 bits per heavy atom. The number of hydrogen-bond acceptors (Lipinski definition) is 5. The van der Waals surface area contributed by atoms with Gasteiger partial charge in [0.05, 0.1) is 28.3 Å². The zero-order valence-electron chi connectivity index (χ0n) is 14.2. The van der Waals surface area contributed by atoms with Crippen molar-refractivity contribution >= 4 is 33.2 Å². The van der Waals surface area contributed by atoms with E-state index in [0.29, 0.717) is 23.2 Å².